The lowest BCUT2D eigenvalue weighted by atomic mass is 9.94. The van der Waals surface area contributed by atoms with Gasteiger partial charge in [-0.15, -0.1) is 0 Å². The molecule has 2 unspecified atom stereocenters. The van der Waals surface area contributed by atoms with E-state index in [2.05, 4.69) is 0 Å². The first-order chi connectivity index (χ1) is 8.06. The SMILES string of the molecule is CCCCOC(=O)N1CCC(C(C)C(=O)O)C1. The van der Waals surface area contributed by atoms with Crippen LogP contribution in [0.1, 0.15) is 33.1 Å². The zero-order chi connectivity index (χ0) is 12.8. The maximum Gasteiger partial charge on any atom is 0.409 e. The van der Waals surface area contributed by atoms with Gasteiger partial charge < -0.3 is 14.7 Å². The Morgan fingerprint density at radius 2 is 2.24 bits per heavy atom. The number of carbonyl (C=O) groups is 2. The molecular weight excluding hydrogens is 222 g/mol. The van der Waals surface area contributed by atoms with Crippen molar-refractivity contribution in [2.45, 2.75) is 33.1 Å². The third-order valence-corrected chi connectivity index (χ3v) is 3.30. The Morgan fingerprint density at radius 1 is 1.53 bits per heavy atom. The summed E-state index contributed by atoms with van der Waals surface area (Å²) in [4.78, 5) is 24.1. The minimum absolute atomic E-state index is 0.0474. The second-order valence-electron chi connectivity index (χ2n) is 4.59. The van der Waals surface area contributed by atoms with E-state index in [1.165, 1.54) is 0 Å². The number of amides is 1. The molecule has 1 saturated heterocycles. The maximum absolute atomic E-state index is 11.6. The van der Waals surface area contributed by atoms with E-state index in [0.29, 0.717) is 19.7 Å². The molecule has 1 heterocycles. The van der Waals surface area contributed by atoms with Crippen LogP contribution in [-0.4, -0.2) is 41.8 Å². The Labute approximate surface area is 102 Å². The van der Waals surface area contributed by atoms with Gasteiger partial charge in [0.15, 0.2) is 0 Å². The topological polar surface area (TPSA) is 66.8 Å². The van der Waals surface area contributed by atoms with Crippen LogP contribution in [0.25, 0.3) is 0 Å². The number of carboxylic acid groups (broad SMARTS) is 1. The van der Waals surface area contributed by atoms with Crippen LogP contribution in [-0.2, 0) is 9.53 Å². The molecule has 0 aromatic rings. The maximum atomic E-state index is 11.6. The molecule has 0 aliphatic carbocycles. The highest BCUT2D eigenvalue weighted by Crippen LogP contribution is 2.24. The molecule has 0 radical (unpaired) electrons. The van der Waals surface area contributed by atoms with Crippen LogP contribution in [0, 0.1) is 11.8 Å². The van der Waals surface area contributed by atoms with Crippen molar-refractivity contribution in [1.29, 1.82) is 0 Å². The van der Waals surface area contributed by atoms with Crippen molar-refractivity contribution >= 4 is 12.1 Å². The van der Waals surface area contributed by atoms with E-state index < -0.39 is 11.9 Å². The van der Waals surface area contributed by atoms with Gasteiger partial charge in [-0.2, -0.15) is 0 Å². The van der Waals surface area contributed by atoms with Crippen LogP contribution in [0.3, 0.4) is 0 Å². The summed E-state index contributed by atoms with van der Waals surface area (Å²) in [5.74, 6) is -1.15. The number of likely N-dealkylation sites (tertiary alicyclic amines) is 1. The lowest BCUT2D eigenvalue weighted by Gasteiger charge is -2.17. The number of carboxylic acids is 1. The van der Waals surface area contributed by atoms with E-state index in [4.69, 9.17) is 9.84 Å². The van der Waals surface area contributed by atoms with Crippen molar-refractivity contribution < 1.29 is 19.4 Å². The number of ether oxygens (including phenoxy) is 1. The average Bonchev–Trinajstić information content (AvgIpc) is 2.77. The number of carbonyl (C=O) groups excluding carboxylic acids is 1. The predicted molar refractivity (Wildman–Crippen MR) is 62.7 cm³/mol. The van der Waals surface area contributed by atoms with Gasteiger partial charge in [-0.25, -0.2) is 4.79 Å². The molecule has 98 valence electrons. The van der Waals surface area contributed by atoms with Crippen LogP contribution >= 0.6 is 0 Å². The van der Waals surface area contributed by atoms with Crippen molar-refractivity contribution in [3.8, 4) is 0 Å². The van der Waals surface area contributed by atoms with Crippen LogP contribution in [0.15, 0.2) is 0 Å². The fourth-order valence-electron chi connectivity index (χ4n) is 1.96. The standard InChI is InChI=1S/C12H21NO4/c1-3-4-7-17-12(16)13-6-5-10(8-13)9(2)11(14)15/h9-10H,3-8H2,1-2H3,(H,14,15). The molecule has 1 N–H and O–H groups in total. The summed E-state index contributed by atoms with van der Waals surface area (Å²) in [5.41, 5.74) is 0. The van der Waals surface area contributed by atoms with Crippen LogP contribution < -0.4 is 0 Å². The van der Waals surface area contributed by atoms with Gasteiger partial charge in [-0.05, 0) is 18.8 Å². The van der Waals surface area contributed by atoms with Crippen LogP contribution in [0.2, 0.25) is 0 Å². The zero-order valence-electron chi connectivity index (χ0n) is 10.5. The van der Waals surface area contributed by atoms with Crippen molar-refractivity contribution in [2.24, 2.45) is 11.8 Å². The third-order valence-electron chi connectivity index (χ3n) is 3.30. The summed E-state index contributed by atoms with van der Waals surface area (Å²) in [6, 6.07) is 0. The zero-order valence-corrected chi connectivity index (χ0v) is 10.5. The van der Waals surface area contributed by atoms with Gasteiger partial charge in [-0.3, -0.25) is 4.79 Å². The molecule has 5 heteroatoms. The summed E-state index contributed by atoms with van der Waals surface area (Å²) >= 11 is 0. The number of hydrogen-bond acceptors (Lipinski definition) is 3. The van der Waals surface area contributed by atoms with E-state index in [-0.39, 0.29) is 12.0 Å². The molecule has 0 bridgehead atoms. The first-order valence-corrected chi connectivity index (χ1v) is 6.20. The van der Waals surface area contributed by atoms with Gasteiger partial charge in [0.25, 0.3) is 0 Å². The van der Waals surface area contributed by atoms with Crippen LogP contribution in [0.5, 0.6) is 0 Å². The molecular formula is C12H21NO4. The molecule has 1 fully saturated rings. The van der Waals surface area contributed by atoms with E-state index in [1.807, 2.05) is 6.92 Å². The Kier molecular flexibility index (Phi) is 5.25. The van der Waals surface area contributed by atoms with Gasteiger partial charge in [0.1, 0.15) is 0 Å². The van der Waals surface area contributed by atoms with E-state index in [9.17, 15) is 9.59 Å². The Bertz CT molecular complexity index is 280. The fourth-order valence-corrected chi connectivity index (χ4v) is 1.96. The van der Waals surface area contributed by atoms with Crippen molar-refractivity contribution in [1.82, 2.24) is 4.90 Å². The molecule has 1 aliphatic rings. The first-order valence-electron chi connectivity index (χ1n) is 6.20. The second kappa shape index (κ2) is 6.47. The summed E-state index contributed by atoms with van der Waals surface area (Å²) in [7, 11) is 0. The molecule has 0 spiro atoms. The first kappa shape index (κ1) is 13.8. The fraction of sp³-hybridized carbons (Fsp3) is 0.833. The largest absolute Gasteiger partial charge is 0.481 e. The molecule has 0 aromatic carbocycles. The van der Waals surface area contributed by atoms with Gasteiger partial charge in [-0.1, -0.05) is 20.3 Å². The Hall–Kier alpha value is -1.26. The van der Waals surface area contributed by atoms with Crippen molar-refractivity contribution in [3.63, 3.8) is 0 Å². The minimum Gasteiger partial charge on any atom is -0.481 e. The highest BCUT2D eigenvalue weighted by Gasteiger charge is 2.33. The van der Waals surface area contributed by atoms with Gasteiger partial charge >= 0.3 is 12.1 Å². The van der Waals surface area contributed by atoms with Crippen molar-refractivity contribution in [3.05, 3.63) is 0 Å². The molecule has 2 atom stereocenters. The number of aliphatic carboxylic acids is 1. The third kappa shape index (κ3) is 3.91. The van der Waals surface area contributed by atoms with E-state index >= 15 is 0 Å². The number of hydrogen-bond donors (Lipinski definition) is 1. The number of rotatable bonds is 5. The van der Waals surface area contributed by atoms with Crippen LogP contribution in [0.4, 0.5) is 4.79 Å². The van der Waals surface area contributed by atoms with Gasteiger partial charge in [0.2, 0.25) is 0 Å². The lowest BCUT2D eigenvalue weighted by Crippen LogP contribution is -2.31. The Morgan fingerprint density at radius 3 is 2.82 bits per heavy atom. The highest BCUT2D eigenvalue weighted by atomic mass is 16.6. The highest BCUT2D eigenvalue weighted by molar-refractivity contribution is 5.71. The molecule has 1 amide bonds. The number of unbranched alkanes of at least 4 members (excludes halogenated alkanes) is 1. The molecule has 1 rings (SSSR count). The summed E-state index contributed by atoms with van der Waals surface area (Å²) in [6.45, 7) is 5.28. The summed E-state index contributed by atoms with van der Waals surface area (Å²) in [6.07, 6.45) is 2.30. The average molecular weight is 243 g/mol. The second-order valence-corrected chi connectivity index (χ2v) is 4.59. The quantitative estimate of drug-likeness (QED) is 0.750. The van der Waals surface area contributed by atoms with Gasteiger partial charge in [0.05, 0.1) is 12.5 Å². The molecule has 17 heavy (non-hydrogen) atoms. The molecule has 5 nitrogen and oxygen atoms in total. The molecule has 0 aromatic heterocycles. The molecule has 0 saturated carbocycles. The number of nitrogens with zero attached hydrogens (tertiary/aromatic N) is 1. The summed E-state index contributed by atoms with van der Waals surface area (Å²) in [5, 5.41) is 8.91. The summed E-state index contributed by atoms with van der Waals surface area (Å²) < 4.78 is 5.09. The lowest BCUT2D eigenvalue weighted by molar-refractivity contribution is -0.142. The Balaban J connectivity index is 2.34. The normalized spacial score (nSPS) is 21.3. The van der Waals surface area contributed by atoms with E-state index in [0.717, 1.165) is 19.3 Å². The van der Waals surface area contributed by atoms with Crippen molar-refractivity contribution in [2.75, 3.05) is 19.7 Å². The predicted octanol–water partition coefficient (Wildman–Crippen LogP) is 1.97. The molecule has 1 aliphatic heterocycles. The van der Waals surface area contributed by atoms with Gasteiger partial charge in [0, 0.05) is 13.1 Å². The monoisotopic (exact) mass is 243 g/mol. The van der Waals surface area contributed by atoms with E-state index in [1.54, 1.807) is 11.8 Å². The smallest absolute Gasteiger partial charge is 0.409 e. The minimum atomic E-state index is -0.795.